The van der Waals surface area contributed by atoms with Gasteiger partial charge in [-0.05, 0) is 35.7 Å². The number of halogens is 1. The lowest BCUT2D eigenvalue weighted by Gasteiger charge is -2.13. The minimum absolute atomic E-state index is 0.358. The van der Waals surface area contributed by atoms with E-state index in [-0.39, 0.29) is 0 Å². The molecule has 0 aliphatic heterocycles. The van der Waals surface area contributed by atoms with Crippen molar-refractivity contribution >= 4 is 55.3 Å². The number of pyridine rings is 1. The Balaban J connectivity index is 2.09. The lowest BCUT2D eigenvalue weighted by Crippen LogP contribution is -2.12. The second kappa shape index (κ2) is 5.79. The predicted octanol–water partition coefficient (Wildman–Crippen LogP) is 4.38. The third-order valence-electron chi connectivity index (χ3n) is 3.20. The van der Waals surface area contributed by atoms with Crippen LogP contribution in [0.5, 0.6) is 0 Å². The van der Waals surface area contributed by atoms with Gasteiger partial charge in [-0.1, -0.05) is 40.3 Å². The Hall–Kier alpha value is -1.98. The summed E-state index contributed by atoms with van der Waals surface area (Å²) < 4.78 is 0.940. The third kappa shape index (κ3) is 2.89. The zero-order valence-electron chi connectivity index (χ0n) is 11.0. The standard InChI is InChI=1S/C16H12BrN3S/c17-11-4-5-15(12(8-11)16(18)21)20-14-3-1-2-10-6-7-19-9-13(10)14/h1-9,20H,(H2,18,21). The minimum atomic E-state index is 0.358. The molecule has 0 radical (unpaired) electrons. The van der Waals surface area contributed by atoms with Crippen LogP contribution in [0.2, 0.25) is 0 Å². The van der Waals surface area contributed by atoms with E-state index in [2.05, 4.69) is 32.3 Å². The van der Waals surface area contributed by atoms with Gasteiger partial charge in [-0.25, -0.2) is 0 Å². The van der Waals surface area contributed by atoms with Crippen molar-refractivity contribution in [1.29, 1.82) is 0 Å². The fourth-order valence-electron chi connectivity index (χ4n) is 2.20. The summed E-state index contributed by atoms with van der Waals surface area (Å²) in [5.74, 6) is 0. The second-order valence-electron chi connectivity index (χ2n) is 4.58. The highest BCUT2D eigenvalue weighted by Gasteiger charge is 2.08. The van der Waals surface area contributed by atoms with Gasteiger partial charge in [-0.2, -0.15) is 0 Å². The molecule has 5 heteroatoms. The van der Waals surface area contributed by atoms with Gasteiger partial charge in [0.15, 0.2) is 0 Å². The first-order valence-electron chi connectivity index (χ1n) is 6.34. The molecule has 0 atom stereocenters. The third-order valence-corrected chi connectivity index (χ3v) is 3.91. The van der Waals surface area contributed by atoms with Crippen molar-refractivity contribution in [1.82, 2.24) is 4.98 Å². The number of hydrogen-bond donors (Lipinski definition) is 2. The fraction of sp³-hybridized carbons (Fsp3) is 0. The summed E-state index contributed by atoms with van der Waals surface area (Å²) in [6.45, 7) is 0. The number of benzene rings is 2. The second-order valence-corrected chi connectivity index (χ2v) is 5.94. The highest BCUT2D eigenvalue weighted by atomic mass is 79.9. The van der Waals surface area contributed by atoms with E-state index in [0.29, 0.717) is 4.99 Å². The van der Waals surface area contributed by atoms with E-state index in [0.717, 1.165) is 32.2 Å². The summed E-state index contributed by atoms with van der Waals surface area (Å²) in [5.41, 5.74) is 8.46. The van der Waals surface area contributed by atoms with Crippen LogP contribution in [0.15, 0.2) is 59.3 Å². The fourth-order valence-corrected chi connectivity index (χ4v) is 2.73. The van der Waals surface area contributed by atoms with Crippen molar-refractivity contribution in [2.24, 2.45) is 5.73 Å². The summed E-state index contributed by atoms with van der Waals surface area (Å²) >= 11 is 8.56. The summed E-state index contributed by atoms with van der Waals surface area (Å²) in [5, 5.41) is 5.58. The van der Waals surface area contributed by atoms with Crippen LogP contribution in [-0.2, 0) is 0 Å². The number of hydrogen-bond acceptors (Lipinski definition) is 3. The van der Waals surface area contributed by atoms with E-state index < -0.39 is 0 Å². The Morgan fingerprint density at radius 3 is 2.81 bits per heavy atom. The molecule has 2 aromatic carbocycles. The van der Waals surface area contributed by atoms with Crippen LogP contribution in [0.1, 0.15) is 5.56 Å². The van der Waals surface area contributed by atoms with Crippen LogP contribution in [0.25, 0.3) is 10.8 Å². The van der Waals surface area contributed by atoms with Crippen LogP contribution in [0.3, 0.4) is 0 Å². The average Bonchev–Trinajstić information content (AvgIpc) is 2.49. The lowest BCUT2D eigenvalue weighted by atomic mass is 10.1. The molecular weight excluding hydrogens is 346 g/mol. The summed E-state index contributed by atoms with van der Waals surface area (Å²) in [6, 6.07) is 13.9. The summed E-state index contributed by atoms with van der Waals surface area (Å²) in [4.78, 5) is 4.55. The Morgan fingerprint density at radius 2 is 2.00 bits per heavy atom. The molecular formula is C16H12BrN3S. The van der Waals surface area contributed by atoms with E-state index >= 15 is 0 Å². The molecule has 0 bridgehead atoms. The van der Waals surface area contributed by atoms with Crippen LogP contribution in [0.4, 0.5) is 11.4 Å². The molecule has 0 fully saturated rings. The van der Waals surface area contributed by atoms with Crippen LogP contribution in [-0.4, -0.2) is 9.97 Å². The van der Waals surface area contributed by atoms with Gasteiger partial charge in [0.2, 0.25) is 0 Å². The van der Waals surface area contributed by atoms with Gasteiger partial charge >= 0.3 is 0 Å². The van der Waals surface area contributed by atoms with Crippen molar-refractivity contribution in [3.8, 4) is 0 Å². The van der Waals surface area contributed by atoms with Gasteiger partial charge in [0.25, 0.3) is 0 Å². The van der Waals surface area contributed by atoms with Crippen molar-refractivity contribution in [3.05, 3.63) is 64.9 Å². The number of rotatable bonds is 3. The van der Waals surface area contributed by atoms with Gasteiger partial charge < -0.3 is 11.1 Å². The van der Waals surface area contributed by atoms with Crippen LogP contribution >= 0.6 is 28.1 Å². The molecule has 3 aromatic rings. The molecule has 1 heterocycles. The summed E-state index contributed by atoms with van der Waals surface area (Å²) in [7, 11) is 0. The molecule has 0 aliphatic rings. The number of aromatic nitrogens is 1. The summed E-state index contributed by atoms with van der Waals surface area (Å²) in [6.07, 6.45) is 3.63. The normalized spacial score (nSPS) is 10.5. The van der Waals surface area contributed by atoms with Gasteiger partial charge in [-0.15, -0.1) is 0 Å². The topological polar surface area (TPSA) is 50.9 Å². The molecule has 0 spiro atoms. The molecule has 3 N–H and O–H groups in total. The lowest BCUT2D eigenvalue weighted by molar-refractivity contribution is 1.36. The quantitative estimate of drug-likeness (QED) is 0.683. The van der Waals surface area contributed by atoms with Crippen molar-refractivity contribution < 1.29 is 0 Å². The smallest absolute Gasteiger partial charge is 0.106 e. The number of anilines is 2. The van der Waals surface area contributed by atoms with Gasteiger partial charge in [0.1, 0.15) is 4.99 Å². The van der Waals surface area contributed by atoms with Crippen molar-refractivity contribution in [3.63, 3.8) is 0 Å². The average molecular weight is 358 g/mol. The molecule has 0 saturated carbocycles. The minimum Gasteiger partial charge on any atom is -0.389 e. The number of fused-ring (bicyclic) bond motifs is 1. The molecule has 0 aliphatic carbocycles. The first-order chi connectivity index (χ1) is 10.1. The predicted molar refractivity (Wildman–Crippen MR) is 95.1 cm³/mol. The Kier molecular flexibility index (Phi) is 3.86. The zero-order chi connectivity index (χ0) is 14.8. The molecule has 0 saturated heterocycles. The molecule has 3 nitrogen and oxygen atoms in total. The Labute approximate surface area is 136 Å². The zero-order valence-corrected chi connectivity index (χ0v) is 13.4. The maximum Gasteiger partial charge on any atom is 0.106 e. The van der Waals surface area contributed by atoms with Gasteiger partial charge in [0.05, 0.1) is 0 Å². The number of nitrogens with zero attached hydrogens (tertiary/aromatic N) is 1. The number of nitrogens with one attached hydrogen (secondary N) is 1. The Morgan fingerprint density at radius 1 is 1.14 bits per heavy atom. The highest BCUT2D eigenvalue weighted by Crippen LogP contribution is 2.28. The van der Waals surface area contributed by atoms with Crippen molar-refractivity contribution in [2.45, 2.75) is 0 Å². The Bertz CT molecular complexity index is 827. The molecule has 104 valence electrons. The maximum atomic E-state index is 5.81. The first-order valence-corrected chi connectivity index (χ1v) is 7.54. The number of thiocarbonyl (C=S) groups is 1. The molecule has 3 rings (SSSR count). The van der Waals surface area contributed by atoms with E-state index in [1.807, 2.05) is 42.6 Å². The van der Waals surface area contributed by atoms with Crippen molar-refractivity contribution in [2.75, 3.05) is 5.32 Å². The van der Waals surface area contributed by atoms with E-state index in [1.54, 1.807) is 6.20 Å². The maximum absolute atomic E-state index is 5.81. The van der Waals surface area contributed by atoms with Gasteiger partial charge in [-0.3, -0.25) is 4.98 Å². The van der Waals surface area contributed by atoms with E-state index in [9.17, 15) is 0 Å². The molecule has 1 aromatic heterocycles. The van der Waals surface area contributed by atoms with Gasteiger partial charge in [0, 0.05) is 39.2 Å². The van der Waals surface area contributed by atoms with E-state index in [4.69, 9.17) is 18.0 Å². The molecule has 21 heavy (non-hydrogen) atoms. The number of nitrogens with two attached hydrogens (primary N) is 1. The first kappa shape index (κ1) is 14.0. The molecule has 0 unspecified atom stereocenters. The SMILES string of the molecule is NC(=S)c1cc(Br)ccc1Nc1cccc2ccncc12. The van der Waals surface area contributed by atoms with E-state index in [1.165, 1.54) is 0 Å². The van der Waals surface area contributed by atoms with Crippen LogP contribution in [0, 0.1) is 0 Å². The molecule has 0 amide bonds. The largest absolute Gasteiger partial charge is 0.389 e. The monoisotopic (exact) mass is 357 g/mol. The van der Waals surface area contributed by atoms with Crippen LogP contribution < -0.4 is 11.1 Å². The highest BCUT2D eigenvalue weighted by molar-refractivity contribution is 9.10.